The summed E-state index contributed by atoms with van der Waals surface area (Å²) in [4.78, 5) is 34.2. The number of alkyl halides is 3. The van der Waals surface area contributed by atoms with Gasteiger partial charge in [-0.25, -0.2) is 14.4 Å². The lowest BCUT2D eigenvalue weighted by Gasteiger charge is -2.31. The number of amides is 2. The molecule has 2 atom stereocenters. The van der Waals surface area contributed by atoms with E-state index >= 15 is 0 Å². The van der Waals surface area contributed by atoms with Crippen LogP contribution >= 0.6 is 0 Å². The van der Waals surface area contributed by atoms with Crippen LogP contribution in [0, 0.1) is 19.7 Å². The van der Waals surface area contributed by atoms with Crippen molar-refractivity contribution in [2.24, 2.45) is 5.73 Å². The van der Waals surface area contributed by atoms with E-state index in [-0.39, 0.29) is 33.9 Å². The van der Waals surface area contributed by atoms with Crippen molar-refractivity contribution in [1.29, 1.82) is 0 Å². The standard InChI is InChI=1S/C31H28F4N4O6/c1-15-8-18-9-19(10-22(44-3)24(18)38-16(15)2)27(41)37-12-30(43,31(33,34)35)23-11-21-26(45-14-29(21,13-40)28(36)42)25(39-23)17-4-6-20(32)7-5-17/h4-11,40,43H,12-14H2,1-3H3,(H2,36,42)(H,37,41)/t29-,30-/m0/s1. The summed E-state index contributed by atoms with van der Waals surface area (Å²) in [5.74, 6) is -2.67. The predicted octanol–water partition coefficient (Wildman–Crippen LogP) is 3.35. The molecule has 3 heterocycles. The topological polar surface area (TPSA) is 157 Å². The lowest BCUT2D eigenvalue weighted by molar-refractivity contribution is -0.265. The smallest absolute Gasteiger partial charge is 0.424 e. The summed E-state index contributed by atoms with van der Waals surface area (Å²) in [7, 11) is 1.36. The zero-order valence-electron chi connectivity index (χ0n) is 24.3. The molecular weight excluding hydrogens is 600 g/mol. The Morgan fingerprint density at radius 1 is 1.11 bits per heavy atom. The lowest BCUT2D eigenvalue weighted by atomic mass is 9.80. The maximum Gasteiger partial charge on any atom is 0.424 e. The normalized spacial score (nSPS) is 17.4. The maximum atomic E-state index is 14.7. The largest absolute Gasteiger partial charge is 0.494 e. The SMILES string of the molecule is COc1cc(C(=O)NC[C@](O)(c2cc3c(c(-c4ccc(F)cc4)n2)OC[C@]3(CO)C(N)=O)C(F)(F)F)cc2cc(C)c(C)nc12. The van der Waals surface area contributed by atoms with Gasteiger partial charge in [-0.2, -0.15) is 13.2 Å². The number of aliphatic hydroxyl groups is 2. The van der Waals surface area contributed by atoms with Crippen LogP contribution in [0.1, 0.15) is 32.9 Å². The Hall–Kier alpha value is -4.82. The summed E-state index contributed by atoms with van der Waals surface area (Å²) >= 11 is 0. The molecule has 4 aromatic rings. The predicted molar refractivity (Wildman–Crippen MR) is 153 cm³/mol. The van der Waals surface area contributed by atoms with Crippen molar-refractivity contribution in [3.05, 3.63) is 82.4 Å². The van der Waals surface area contributed by atoms with E-state index in [1.165, 1.54) is 31.4 Å². The third-order valence-electron chi connectivity index (χ3n) is 8.02. The van der Waals surface area contributed by atoms with Crippen molar-refractivity contribution in [3.8, 4) is 22.8 Å². The molecule has 10 nitrogen and oxygen atoms in total. The number of nitrogens with two attached hydrogens (primary N) is 1. The first-order chi connectivity index (χ1) is 21.1. The molecule has 5 N–H and O–H groups in total. The second kappa shape index (κ2) is 11.3. The summed E-state index contributed by atoms with van der Waals surface area (Å²) in [6.07, 6.45) is -5.42. The van der Waals surface area contributed by atoms with Crippen LogP contribution < -0.4 is 20.5 Å². The van der Waals surface area contributed by atoms with Crippen molar-refractivity contribution in [3.63, 3.8) is 0 Å². The number of methoxy groups -OCH3 is 1. The highest BCUT2D eigenvalue weighted by Crippen LogP contribution is 2.47. The van der Waals surface area contributed by atoms with Crippen molar-refractivity contribution in [2.75, 3.05) is 26.9 Å². The zero-order valence-corrected chi connectivity index (χ0v) is 24.3. The Morgan fingerprint density at radius 3 is 2.40 bits per heavy atom. The average molecular weight is 629 g/mol. The molecular formula is C31H28F4N4O6. The average Bonchev–Trinajstić information content (AvgIpc) is 3.39. The number of hydrogen-bond donors (Lipinski definition) is 4. The summed E-state index contributed by atoms with van der Waals surface area (Å²) in [5.41, 5.74) is 0.218. The third kappa shape index (κ3) is 5.29. The number of aliphatic hydroxyl groups excluding tert-OH is 1. The van der Waals surface area contributed by atoms with E-state index in [0.29, 0.717) is 10.9 Å². The minimum Gasteiger partial charge on any atom is -0.494 e. The van der Waals surface area contributed by atoms with Gasteiger partial charge >= 0.3 is 6.18 Å². The number of carbonyl (C=O) groups is 2. The van der Waals surface area contributed by atoms with Crippen LogP contribution in [0.5, 0.6) is 11.5 Å². The molecule has 45 heavy (non-hydrogen) atoms. The molecule has 14 heteroatoms. The van der Waals surface area contributed by atoms with Gasteiger partial charge in [0.2, 0.25) is 11.5 Å². The lowest BCUT2D eigenvalue weighted by Crippen LogP contribution is -2.52. The van der Waals surface area contributed by atoms with E-state index < -0.39 is 60.3 Å². The van der Waals surface area contributed by atoms with Crippen molar-refractivity contribution in [1.82, 2.24) is 15.3 Å². The highest BCUT2D eigenvalue weighted by molar-refractivity contribution is 6.00. The monoisotopic (exact) mass is 628 g/mol. The number of carbonyl (C=O) groups excluding carboxylic acids is 2. The number of hydrogen-bond acceptors (Lipinski definition) is 8. The Bertz CT molecular complexity index is 1830. The summed E-state index contributed by atoms with van der Waals surface area (Å²) in [6, 6.07) is 9.76. The number of rotatable bonds is 8. The fourth-order valence-corrected chi connectivity index (χ4v) is 5.12. The van der Waals surface area contributed by atoms with Crippen LogP contribution in [0.2, 0.25) is 0 Å². The minimum atomic E-state index is -5.42. The molecule has 0 bridgehead atoms. The maximum absolute atomic E-state index is 14.7. The van der Waals surface area contributed by atoms with Gasteiger partial charge in [0, 0.05) is 27.8 Å². The quantitative estimate of drug-likeness (QED) is 0.217. The summed E-state index contributed by atoms with van der Waals surface area (Å²) < 4.78 is 68.8. The van der Waals surface area contributed by atoms with Gasteiger partial charge in [-0.3, -0.25) is 9.59 Å². The Kier molecular flexibility index (Phi) is 7.92. The molecule has 0 saturated carbocycles. The van der Waals surface area contributed by atoms with Gasteiger partial charge in [-0.1, -0.05) is 0 Å². The molecule has 0 aliphatic carbocycles. The van der Waals surface area contributed by atoms with Gasteiger partial charge in [-0.05, 0) is 67.9 Å². The van der Waals surface area contributed by atoms with Gasteiger partial charge in [0.05, 0.1) is 26.0 Å². The highest BCUT2D eigenvalue weighted by atomic mass is 19.4. The minimum absolute atomic E-state index is 0.0655. The summed E-state index contributed by atoms with van der Waals surface area (Å²) in [5, 5.41) is 24.0. The second-order valence-corrected chi connectivity index (χ2v) is 10.8. The van der Waals surface area contributed by atoms with Gasteiger partial charge < -0.3 is 30.7 Å². The number of nitrogens with one attached hydrogen (secondary N) is 1. The van der Waals surface area contributed by atoms with Gasteiger partial charge in [0.15, 0.2) is 0 Å². The number of aromatic nitrogens is 2. The molecule has 236 valence electrons. The zero-order chi connectivity index (χ0) is 32.9. The van der Waals surface area contributed by atoms with Gasteiger partial charge in [-0.15, -0.1) is 0 Å². The van der Waals surface area contributed by atoms with E-state index in [1.54, 1.807) is 13.0 Å². The van der Waals surface area contributed by atoms with Crippen LogP contribution in [-0.2, 0) is 15.8 Å². The van der Waals surface area contributed by atoms with E-state index in [0.717, 1.165) is 29.5 Å². The first-order valence-electron chi connectivity index (χ1n) is 13.5. The second-order valence-electron chi connectivity index (χ2n) is 10.8. The number of primary amides is 1. The van der Waals surface area contributed by atoms with Crippen molar-refractivity contribution in [2.45, 2.75) is 31.0 Å². The fraction of sp³-hybridized carbons (Fsp3) is 0.290. The molecule has 0 radical (unpaired) electrons. The Morgan fingerprint density at radius 2 is 1.80 bits per heavy atom. The van der Waals surface area contributed by atoms with Crippen molar-refractivity contribution >= 4 is 22.7 Å². The highest BCUT2D eigenvalue weighted by Gasteiger charge is 2.58. The van der Waals surface area contributed by atoms with E-state index in [1.807, 2.05) is 6.92 Å². The van der Waals surface area contributed by atoms with E-state index in [4.69, 9.17) is 15.2 Å². The van der Waals surface area contributed by atoms with Crippen LogP contribution in [0.3, 0.4) is 0 Å². The number of ether oxygens (including phenoxy) is 2. The molecule has 2 aromatic heterocycles. The first kappa shape index (κ1) is 31.6. The molecule has 0 fully saturated rings. The molecule has 0 spiro atoms. The number of benzene rings is 2. The molecule has 1 aliphatic rings. The number of aryl methyl sites for hydroxylation is 2. The molecule has 1 aliphatic heterocycles. The van der Waals surface area contributed by atoms with Crippen LogP contribution in [0.25, 0.3) is 22.2 Å². The molecule has 5 rings (SSSR count). The fourth-order valence-electron chi connectivity index (χ4n) is 5.12. The van der Waals surface area contributed by atoms with Crippen LogP contribution in [0.15, 0.2) is 48.5 Å². The van der Waals surface area contributed by atoms with E-state index in [9.17, 15) is 37.4 Å². The molecule has 0 saturated heterocycles. The number of fused-ring (bicyclic) bond motifs is 2. The van der Waals surface area contributed by atoms with Gasteiger partial charge in [0.1, 0.15) is 40.5 Å². The van der Waals surface area contributed by atoms with Crippen LogP contribution in [-0.4, -0.2) is 65.0 Å². The third-order valence-corrected chi connectivity index (χ3v) is 8.02. The number of nitrogens with zero attached hydrogens (tertiary/aromatic N) is 2. The van der Waals surface area contributed by atoms with E-state index in [2.05, 4.69) is 15.3 Å². The first-order valence-corrected chi connectivity index (χ1v) is 13.5. The van der Waals surface area contributed by atoms with Crippen LogP contribution in [0.4, 0.5) is 17.6 Å². The molecule has 2 aromatic carbocycles. The number of pyridine rings is 2. The number of halogens is 4. The van der Waals surface area contributed by atoms with Crippen molar-refractivity contribution < 1.29 is 46.8 Å². The summed E-state index contributed by atoms with van der Waals surface area (Å²) in [6.45, 7) is 0.746. The Labute approximate surface area is 253 Å². The van der Waals surface area contributed by atoms with Gasteiger partial charge in [0.25, 0.3) is 5.91 Å². The molecule has 0 unspecified atom stereocenters. The molecule has 2 amide bonds. The Balaban J connectivity index is 1.60.